The van der Waals surface area contributed by atoms with Crippen molar-refractivity contribution in [1.82, 2.24) is 4.98 Å². The third-order valence-electron chi connectivity index (χ3n) is 4.07. The minimum Gasteiger partial charge on any atom is -0.465 e. The molecule has 0 aromatic carbocycles. The predicted molar refractivity (Wildman–Crippen MR) is 89.0 cm³/mol. The third-order valence-corrected chi connectivity index (χ3v) is 5.24. The van der Waals surface area contributed by atoms with Gasteiger partial charge in [-0.15, -0.1) is 11.3 Å². The highest BCUT2D eigenvalue weighted by atomic mass is 32.1. The van der Waals surface area contributed by atoms with E-state index in [1.54, 1.807) is 24.5 Å². The Kier molecular flexibility index (Phi) is 4.43. The number of rotatable bonds is 3. The van der Waals surface area contributed by atoms with Gasteiger partial charge in [0.05, 0.1) is 12.7 Å². The van der Waals surface area contributed by atoms with E-state index in [4.69, 9.17) is 4.74 Å². The number of carbonyl (C=O) groups is 2. The second-order valence-corrected chi connectivity index (χ2v) is 6.84. The molecule has 23 heavy (non-hydrogen) atoms. The van der Waals surface area contributed by atoms with Gasteiger partial charge < -0.3 is 10.1 Å². The molecule has 0 radical (unpaired) electrons. The molecule has 0 saturated heterocycles. The standard InChI is InChI=1S/C17H18N2O3S/c1-10-3-4-12-13(9-10)23-16(14(12)17(21)22-2)19-15(20)11-5-7-18-8-6-11/h5-8,10H,3-4,9H2,1-2H3,(H,19,20)/t10-/m1/s1. The number of anilines is 1. The summed E-state index contributed by atoms with van der Waals surface area (Å²) in [4.78, 5) is 29.6. The number of aromatic nitrogens is 1. The summed E-state index contributed by atoms with van der Waals surface area (Å²) in [5.74, 6) is -0.0401. The van der Waals surface area contributed by atoms with Crippen molar-refractivity contribution in [1.29, 1.82) is 0 Å². The lowest BCUT2D eigenvalue weighted by molar-refractivity contribution is 0.0601. The van der Waals surface area contributed by atoms with Crippen molar-refractivity contribution >= 4 is 28.2 Å². The van der Waals surface area contributed by atoms with Crippen molar-refractivity contribution in [3.05, 3.63) is 46.1 Å². The van der Waals surface area contributed by atoms with Gasteiger partial charge in [0.1, 0.15) is 5.00 Å². The number of amides is 1. The zero-order valence-electron chi connectivity index (χ0n) is 13.1. The average Bonchev–Trinajstić information content (AvgIpc) is 2.91. The Hall–Kier alpha value is -2.21. The summed E-state index contributed by atoms with van der Waals surface area (Å²) in [6.07, 6.45) is 5.97. The van der Waals surface area contributed by atoms with Gasteiger partial charge in [-0.1, -0.05) is 6.92 Å². The van der Waals surface area contributed by atoms with E-state index in [0.717, 1.165) is 24.8 Å². The highest BCUT2D eigenvalue weighted by Crippen LogP contribution is 2.40. The van der Waals surface area contributed by atoms with E-state index in [1.807, 2.05) is 0 Å². The second-order valence-electron chi connectivity index (χ2n) is 5.74. The number of hydrogen-bond donors (Lipinski definition) is 1. The van der Waals surface area contributed by atoms with Crippen molar-refractivity contribution in [2.75, 3.05) is 12.4 Å². The SMILES string of the molecule is COC(=O)c1c(NC(=O)c2ccncc2)sc2c1CC[C@@H](C)C2. The molecule has 0 saturated carbocycles. The van der Waals surface area contributed by atoms with Gasteiger partial charge >= 0.3 is 5.97 Å². The van der Waals surface area contributed by atoms with Gasteiger partial charge in [0, 0.05) is 22.8 Å². The number of methoxy groups -OCH3 is 1. The summed E-state index contributed by atoms with van der Waals surface area (Å²) in [6.45, 7) is 2.20. The lowest BCUT2D eigenvalue weighted by Crippen LogP contribution is -2.16. The molecular formula is C17H18N2O3S. The van der Waals surface area contributed by atoms with Crippen LogP contribution >= 0.6 is 11.3 Å². The van der Waals surface area contributed by atoms with E-state index in [9.17, 15) is 9.59 Å². The lowest BCUT2D eigenvalue weighted by atomic mass is 9.88. The van der Waals surface area contributed by atoms with Crippen LogP contribution in [0.3, 0.4) is 0 Å². The van der Waals surface area contributed by atoms with Crippen LogP contribution in [0.1, 0.15) is 44.5 Å². The fraction of sp³-hybridized carbons (Fsp3) is 0.353. The maximum atomic E-state index is 12.4. The second kappa shape index (κ2) is 6.50. The van der Waals surface area contributed by atoms with Gasteiger partial charge in [0.15, 0.2) is 0 Å². The van der Waals surface area contributed by atoms with Crippen molar-refractivity contribution in [2.45, 2.75) is 26.2 Å². The molecule has 1 amide bonds. The van der Waals surface area contributed by atoms with Crippen LogP contribution in [0, 0.1) is 5.92 Å². The number of carbonyl (C=O) groups excluding carboxylic acids is 2. The molecule has 2 aromatic heterocycles. The Balaban J connectivity index is 1.95. The number of nitrogens with zero attached hydrogens (tertiary/aromatic N) is 1. The minimum absolute atomic E-state index is 0.246. The quantitative estimate of drug-likeness (QED) is 0.877. The van der Waals surface area contributed by atoms with Crippen LogP contribution in [-0.4, -0.2) is 24.0 Å². The van der Waals surface area contributed by atoms with Crippen LogP contribution in [0.2, 0.25) is 0 Å². The molecule has 1 aliphatic carbocycles. The number of nitrogens with one attached hydrogen (secondary N) is 1. The van der Waals surface area contributed by atoms with Crippen molar-refractivity contribution in [2.24, 2.45) is 5.92 Å². The van der Waals surface area contributed by atoms with Gasteiger partial charge in [-0.05, 0) is 42.9 Å². The van der Waals surface area contributed by atoms with Gasteiger partial charge in [0.25, 0.3) is 5.91 Å². The van der Waals surface area contributed by atoms with Gasteiger partial charge in [-0.3, -0.25) is 9.78 Å². The molecule has 1 aliphatic rings. The van der Waals surface area contributed by atoms with Crippen LogP contribution in [0.4, 0.5) is 5.00 Å². The van der Waals surface area contributed by atoms with Crippen molar-refractivity contribution in [3.8, 4) is 0 Å². The molecular weight excluding hydrogens is 312 g/mol. The summed E-state index contributed by atoms with van der Waals surface area (Å²) >= 11 is 1.48. The molecule has 1 atom stereocenters. The molecule has 1 N–H and O–H groups in total. The zero-order valence-corrected chi connectivity index (χ0v) is 13.9. The summed E-state index contributed by atoms with van der Waals surface area (Å²) in [5.41, 5.74) is 2.06. The molecule has 0 unspecified atom stereocenters. The lowest BCUT2D eigenvalue weighted by Gasteiger charge is -2.18. The van der Waals surface area contributed by atoms with Crippen LogP contribution in [0.5, 0.6) is 0 Å². The highest BCUT2D eigenvalue weighted by molar-refractivity contribution is 7.17. The molecule has 0 bridgehead atoms. The maximum absolute atomic E-state index is 12.4. The van der Waals surface area contributed by atoms with Crippen molar-refractivity contribution in [3.63, 3.8) is 0 Å². The largest absolute Gasteiger partial charge is 0.465 e. The van der Waals surface area contributed by atoms with Crippen LogP contribution in [-0.2, 0) is 17.6 Å². The van der Waals surface area contributed by atoms with Crippen molar-refractivity contribution < 1.29 is 14.3 Å². The Morgan fingerprint density at radius 3 is 2.78 bits per heavy atom. The fourth-order valence-corrected chi connectivity index (χ4v) is 4.23. The first-order valence-electron chi connectivity index (χ1n) is 7.54. The molecule has 0 aliphatic heterocycles. The van der Waals surface area contributed by atoms with E-state index >= 15 is 0 Å². The molecule has 0 fully saturated rings. The Morgan fingerprint density at radius 2 is 2.09 bits per heavy atom. The van der Waals surface area contributed by atoms with Gasteiger partial charge in [-0.2, -0.15) is 0 Å². The number of thiophene rings is 1. The number of fused-ring (bicyclic) bond motifs is 1. The molecule has 2 heterocycles. The Morgan fingerprint density at radius 1 is 1.35 bits per heavy atom. The van der Waals surface area contributed by atoms with Crippen LogP contribution < -0.4 is 5.32 Å². The van der Waals surface area contributed by atoms with Crippen LogP contribution in [0.25, 0.3) is 0 Å². The molecule has 120 valence electrons. The highest BCUT2D eigenvalue weighted by Gasteiger charge is 2.28. The maximum Gasteiger partial charge on any atom is 0.341 e. The van der Waals surface area contributed by atoms with Crippen LogP contribution in [0.15, 0.2) is 24.5 Å². The molecule has 5 nitrogen and oxygen atoms in total. The topological polar surface area (TPSA) is 68.3 Å². The molecule has 2 aromatic rings. The first-order chi connectivity index (χ1) is 11.1. The molecule has 6 heteroatoms. The normalized spacial score (nSPS) is 16.5. The van der Waals surface area contributed by atoms with E-state index in [2.05, 4.69) is 17.2 Å². The monoisotopic (exact) mass is 330 g/mol. The van der Waals surface area contributed by atoms with Gasteiger partial charge in [0.2, 0.25) is 0 Å². The third kappa shape index (κ3) is 3.12. The van der Waals surface area contributed by atoms with Gasteiger partial charge in [-0.25, -0.2) is 4.79 Å². The number of pyridine rings is 1. The average molecular weight is 330 g/mol. The first-order valence-corrected chi connectivity index (χ1v) is 8.36. The summed E-state index contributed by atoms with van der Waals surface area (Å²) < 4.78 is 4.92. The van der Waals surface area contributed by atoms with E-state index < -0.39 is 0 Å². The summed E-state index contributed by atoms with van der Waals surface area (Å²) in [5, 5.41) is 3.45. The number of ether oxygens (including phenoxy) is 1. The minimum atomic E-state index is -0.387. The first kappa shape index (κ1) is 15.7. The molecule has 3 rings (SSSR count). The Bertz CT molecular complexity index is 740. The summed E-state index contributed by atoms with van der Waals surface area (Å²) in [6, 6.07) is 3.28. The van der Waals surface area contributed by atoms with E-state index in [1.165, 1.54) is 23.3 Å². The van der Waals surface area contributed by atoms with E-state index in [0.29, 0.717) is 22.0 Å². The fourth-order valence-electron chi connectivity index (χ4n) is 2.84. The number of esters is 1. The molecule has 0 spiro atoms. The predicted octanol–water partition coefficient (Wildman–Crippen LogP) is 3.31. The Labute approximate surface area is 138 Å². The summed E-state index contributed by atoms with van der Waals surface area (Å²) in [7, 11) is 1.37. The zero-order chi connectivity index (χ0) is 16.4. The smallest absolute Gasteiger partial charge is 0.341 e. The van der Waals surface area contributed by atoms with E-state index in [-0.39, 0.29) is 11.9 Å². The number of hydrogen-bond acceptors (Lipinski definition) is 5.